The van der Waals surface area contributed by atoms with Gasteiger partial charge in [0.05, 0.1) is 6.61 Å². The number of nitrogens with zero attached hydrogens (tertiary/aromatic N) is 2. The van der Waals surface area contributed by atoms with E-state index in [-0.39, 0.29) is 6.61 Å². The Morgan fingerprint density at radius 1 is 1.44 bits per heavy atom. The van der Waals surface area contributed by atoms with Gasteiger partial charge in [-0.25, -0.2) is 9.78 Å². The van der Waals surface area contributed by atoms with Gasteiger partial charge < -0.3 is 14.1 Å². The topological polar surface area (TPSA) is 72.6 Å². The molecule has 0 radical (unpaired) electrons. The molecule has 0 saturated carbocycles. The third-order valence-corrected chi connectivity index (χ3v) is 2.46. The van der Waals surface area contributed by atoms with Crippen LogP contribution in [0.3, 0.4) is 0 Å². The Morgan fingerprint density at radius 2 is 2.22 bits per heavy atom. The molecule has 2 rings (SSSR count). The lowest BCUT2D eigenvalue weighted by atomic mass is 10.2. The van der Waals surface area contributed by atoms with E-state index >= 15 is 0 Å². The Balaban J connectivity index is 2.24. The fraction of sp³-hybridized carbons (Fsp3) is 0.250. The van der Waals surface area contributed by atoms with Gasteiger partial charge >= 0.3 is 11.9 Å². The molecule has 94 valence electrons. The van der Waals surface area contributed by atoms with Crippen LogP contribution in [-0.4, -0.2) is 30.5 Å². The van der Waals surface area contributed by atoms with Crippen molar-refractivity contribution in [1.29, 1.82) is 0 Å². The van der Waals surface area contributed by atoms with Crippen LogP contribution in [0.5, 0.6) is 0 Å². The molecule has 0 aliphatic heterocycles. The third-order valence-electron chi connectivity index (χ3n) is 2.46. The number of rotatable bonds is 2. The van der Waals surface area contributed by atoms with E-state index in [9.17, 15) is 9.59 Å². The number of esters is 1. The molecule has 18 heavy (non-hydrogen) atoms. The minimum absolute atomic E-state index is 0.166. The Bertz CT molecular complexity index is 591. The highest BCUT2D eigenvalue weighted by Crippen LogP contribution is 2.20. The average molecular weight is 248 g/mol. The minimum Gasteiger partial charge on any atom is -0.459 e. The van der Waals surface area contributed by atoms with Gasteiger partial charge in [-0.2, -0.15) is 0 Å². The summed E-state index contributed by atoms with van der Waals surface area (Å²) in [6.07, 6.45) is 1.32. The maximum Gasteiger partial charge on any atom is 0.397 e. The van der Waals surface area contributed by atoms with Crippen molar-refractivity contribution in [2.75, 3.05) is 18.6 Å². The molecular weight excluding hydrogens is 236 g/mol. The molecule has 1 aromatic carbocycles. The van der Waals surface area contributed by atoms with E-state index in [2.05, 4.69) is 9.72 Å². The Morgan fingerprint density at radius 3 is 2.94 bits per heavy atom. The second-order valence-electron chi connectivity index (χ2n) is 3.59. The summed E-state index contributed by atoms with van der Waals surface area (Å²) < 4.78 is 9.78. The number of hydrogen-bond acceptors (Lipinski definition) is 5. The summed E-state index contributed by atoms with van der Waals surface area (Å²) >= 11 is 0. The molecule has 0 unspecified atom stereocenters. The largest absolute Gasteiger partial charge is 0.459 e. The van der Waals surface area contributed by atoms with Crippen LogP contribution in [0.4, 0.5) is 5.69 Å². The first-order valence-corrected chi connectivity index (χ1v) is 5.41. The van der Waals surface area contributed by atoms with Gasteiger partial charge in [0.1, 0.15) is 5.52 Å². The van der Waals surface area contributed by atoms with Crippen LogP contribution in [0.25, 0.3) is 11.1 Å². The van der Waals surface area contributed by atoms with Crippen molar-refractivity contribution in [3.63, 3.8) is 0 Å². The number of benzene rings is 1. The van der Waals surface area contributed by atoms with E-state index < -0.39 is 11.9 Å². The number of anilines is 1. The summed E-state index contributed by atoms with van der Waals surface area (Å²) in [5, 5.41) is 0. The number of fused-ring (bicyclic) bond motifs is 1. The number of amides is 1. The molecule has 0 aliphatic carbocycles. The molecule has 1 aromatic heterocycles. The van der Waals surface area contributed by atoms with Gasteiger partial charge in [-0.3, -0.25) is 4.79 Å². The number of carbonyl (C=O) groups is 2. The fourth-order valence-corrected chi connectivity index (χ4v) is 1.50. The van der Waals surface area contributed by atoms with E-state index in [1.54, 1.807) is 25.1 Å². The minimum atomic E-state index is -0.877. The lowest BCUT2D eigenvalue weighted by Crippen LogP contribution is -2.34. The highest BCUT2D eigenvalue weighted by molar-refractivity contribution is 6.38. The van der Waals surface area contributed by atoms with Gasteiger partial charge in [-0.05, 0) is 19.1 Å². The molecule has 0 saturated heterocycles. The van der Waals surface area contributed by atoms with E-state index in [1.807, 2.05) is 0 Å². The molecule has 0 fully saturated rings. The fourth-order valence-electron chi connectivity index (χ4n) is 1.50. The lowest BCUT2D eigenvalue weighted by Gasteiger charge is -2.15. The molecular formula is C12H12N2O4. The van der Waals surface area contributed by atoms with Crippen molar-refractivity contribution >= 4 is 28.7 Å². The molecule has 0 spiro atoms. The predicted molar refractivity (Wildman–Crippen MR) is 64.1 cm³/mol. The molecule has 2 aromatic rings. The SMILES string of the molecule is CCOC(=O)C(=O)N(C)c1ccc2ncoc2c1. The molecule has 0 aliphatic rings. The number of aromatic nitrogens is 1. The second kappa shape index (κ2) is 4.87. The molecule has 6 heteroatoms. The zero-order chi connectivity index (χ0) is 13.1. The number of oxazole rings is 1. The molecule has 0 atom stereocenters. The first-order chi connectivity index (χ1) is 8.63. The van der Waals surface area contributed by atoms with Crippen molar-refractivity contribution in [3.05, 3.63) is 24.6 Å². The monoisotopic (exact) mass is 248 g/mol. The average Bonchev–Trinajstić information content (AvgIpc) is 2.84. The van der Waals surface area contributed by atoms with Crippen molar-refractivity contribution in [2.45, 2.75) is 6.92 Å². The van der Waals surface area contributed by atoms with E-state index in [0.29, 0.717) is 16.8 Å². The number of likely N-dealkylation sites (N-methyl/N-ethyl adjacent to an activating group) is 1. The van der Waals surface area contributed by atoms with E-state index in [4.69, 9.17) is 4.42 Å². The summed E-state index contributed by atoms with van der Waals surface area (Å²) in [6, 6.07) is 5.03. The maximum atomic E-state index is 11.7. The van der Waals surface area contributed by atoms with E-state index in [1.165, 1.54) is 18.3 Å². The molecule has 0 bridgehead atoms. The zero-order valence-corrected chi connectivity index (χ0v) is 10.0. The summed E-state index contributed by atoms with van der Waals surface area (Å²) in [7, 11) is 1.50. The van der Waals surface area contributed by atoms with Gasteiger partial charge in [-0.1, -0.05) is 0 Å². The van der Waals surface area contributed by atoms with Crippen LogP contribution in [0, 0.1) is 0 Å². The summed E-state index contributed by atoms with van der Waals surface area (Å²) in [4.78, 5) is 28.2. The highest BCUT2D eigenvalue weighted by Gasteiger charge is 2.21. The van der Waals surface area contributed by atoms with Crippen LogP contribution in [0.1, 0.15) is 6.92 Å². The van der Waals surface area contributed by atoms with Crippen molar-refractivity contribution < 1.29 is 18.7 Å². The van der Waals surface area contributed by atoms with Crippen molar-refractivity contribution in [3.8, 4) is 0 Å². The van der Waals surface area contributed by atoms with Crippen LogP contribution in [0.15, 0.2) is 29.0 Å². The molecule has 0 N–H and O–H groups in total. The Kier molecular flexibility index (Phi) is 3.27. The summed E-state index contributed by atoms with van der Waals surface area (Å²) in [5.74, 6) is -1.60. The Labute approximate surface area is 103 Å². The highest BCUT2D eigenvalue weighted by atomic mass is 16.5. The zero-order valence-electron chi connectivity index (χ0n) is 10.0. The summed E-state index contributed by atoms with van der Waals surface area (Å²) in [6.45, 7) is 1.81. The van der Waals surface area contributed by atoms with Gasteiger partial charge in [0, 0.05) is 18.8 Å². The molecule has 1 heterocycles. The summed E-state index contributed by atoms with van der Waals surface area (Å²) in [5.41, 5.74) is 1.78. The van der Waals surface area contributed by atoms with Crippen LogP contribution in [0.2, 0.25) is 0 Å². The normalized spacial score (nSPS) is 10.3. The van der Waals surface area contributed by atoms with Crippen molar-refractivity contribution in [1.82, 2.24) is 4.98 Å². The van der Waals surface area contributed by atoms with Crippen LogP contribution in [-0.2, 0) is 14.3 Å². The molecule has 1 amide bonds. The molecule has 6 nitrogen and oxygen atoms in total. The van der Waals surface area contributed by atoms with E-state index in [0.717, 1.165) is 0 Å². The second-order valence-corrected chi connectivity index (χ2v) is 3.59. The van der Waals surface area contributed by atoms with Gasteiger partial charge in [0.15, 0.2) is 12.0 Å². The maximum absolute atomic E-state index is 11.7. The predicted octanol–water partition coefficient (Wildman–Crippen LogP) is 1.35. The smallest absolute Gasteiger partial charge is 0.397 e. The van der Waals surface area contributed by atoms with Crippen LogP contribution >= 0.6 is 0 Å². The number of ether oxygens (including phenoxy) is 1. The van der Waals surface area contributed by atoms with Gasteiger partial charge in [-0.15, -0.1) is 0 Å². The van der Waals surface area contributed by atoms with Crippen molar-refractivity contribution in [2.24, 2.45) is 0 Å². The third kappa shape index (κ3) is 2.17. The standard InChI is InChI=1S/C12H12N2O4/c1-3-17-12(16)11(15)14(2)8-4-5-9-10(6-8)18-7-13-9/h4-7H,3H2,1-2H3. The first-order valence-electron chi connectivity index (χ1n) is 5.41. The quantitative estimate of drug-likeness (QED) is 0.592. The number of carbonyl (C=O) groups excluding carboxylic acids is 2. The number of hydrogen-bond donors (Lipinski definition) is 0. The lowest BCUT2D eigenvalue weighted by molar-refractivity contribution is -0.153. The Hall–Kier alpha value is -2.37. The van der Waals surface area contributed by atoms with Gasteiger partial charge in [0.2, 0.25) is 0 Å². The van der Waals surface area contributed by atoms with Crippen LogP contribution < -0.4 is 4.90 Å². The first kappa shape index (κ1) is 12.1. The van der Waals surface area contributed by atoms with Gasteiger partial charge in [0.25, 0.3) is 0 Å².